The molecule has 1 unspecified atom stereocenters. The molecule has 2 heterocycles. The number of ether oxygens (including phenoxy) is 1. The van der Waals surface area contributed by atoms with E-state index in [0.717, 1.165) is 30.2 Å². The summed E-state index contributed by atoms with van der Waals surface area (Å²) in [5.74, 6) is 1.74. The second kappa shape index (κ2) is 6.99. The fourth-order valence-electron chi connectivity index (χ4n) is 2.97. The lowest BCUT2D eigenvalue weighted by atomic mass is 9.90. The summed E-state index contributed by atoms with van der Waals surface area (Å²) in [5.41, 5.74) is 2.01. The van der Waals surface area contributed by atoms with Gasteiger partial charge in [-0.2, -0.15) is 0 Å². The fourth-order valence-corrected chi connectivity index (χ4v) is 2.97. The molecule has 2 N–H and O–H groups in total. The summed E-state index contributed by atoms with van der Waals surface area (Å²) in [6.45, 7) is 7.70. The summed E-state index contributed by atoms with van der Waals surface area (Å²) >= 11 is 0. The van der Waals surface area contributed by atoms with Gasteiger partial charge in [0.15, 0.2) is 5.96 Å². The first-order valence-corrected chi connectivity index (χ1v) is 8.41. The molecule has 1 aliphatic rings. The van der Waals surface area contributed by atoms with Crippen molar-refractivity contribution >= 4 is 5.96 Å². The zero-order valence-corrected chi connectivity index (χ0v) is 14.5. The van der Waals surface area contributed by atoms with Crippen molar-refractivity contribution in [1.29, 1.82) is 0 Å². The predicted molar refractivity (Wildman–Crippen MR) is 95.2 cm³/mol. The molecule has 3 rings (SSSR count). The van der Waals surface area contributed by atoms with E-state index < -0.39 is 0 Å². The third-order valence-corrected chi connectivity index (χ3v) is 4.03. The van der Waals surface area contributed by atoms with Crippen LogP contribution in [0.4, 0.5) is 0 Å². The number of nitrogens with one attached hydrogen (secondary N) is 2. The van der Waals surface area contributed by atoms with Crippen LogP contribution >= 0.6 is 0 Å². The highest BCUT2D eigenvalue weighted by molar-refractivity contribution is 5.80. The highest BCUT2D eigenvalue weighted by Gasteiger charge is 2.33. The van der Waals surface area contributed by atoms with Crippen molar-refractivity contribution in [2.75, 3.05) is 6.54 Å². The van der Waals surface area contributed by atoms with Crippen molar-refractivity contribution in [2.45, 2.75) is 45.4 Å². The molecule has 1 aliphatic heterocycles. The molecule has 0 spiro atoms. The maximum Gasteiger partial charge on any atom is 0.192 e. The quantitative estimate of drug-likeness (QED) is 0.665. The number of nitrogens with zero attached hydrogens (tertiary/aromatic N) is 1. The van der Waals surface area contributed by atoms with Gasteiger partial charge in [0.05, 0.1) is 25.1 Å². The molecule has 0 saturated carbocycles. The average Bonchev–Trinajstić information content (AvgIpc) is 3.05. The first-order chi connectivity index (χ1) is 11.6. The van der Waals surface area contributed by atoms with Gasteiger partial charge in [-0.25, -0.2) is 4.99 Å². The Labute approximate surface area is 143 Å². The zero-order chi connectivity index (χ0) is 17.0. The molecular weight excluding hydrogens is 302 g/mol. The lowest BCUT2D eigenvalue weighted by molar-refractivity contribution is 0.0694. The number of guanidine groups is 1. The van der Waals surface area contributed by atoms with Crippen molar-refractivity contribution in [3.63, 3.8) is 0 Å². The van der Waals surface area contributed by atoms with Crippen molar-refractivity contribution in [1.82, 2.24) is 10.6 Å². The second-order valence-electron chi connectivity index (χ2n) is 6.63. The summed E-state index contributed by atoms with van der Waals surface area (Å²) in [6, 6.07) is 10.3. The van der Waals surface area contributed by atoms with Crippen molar-refractivity contribution < 1.29 is 9.15 Å². The smallest absolute Gasteiger partial charge is 0.192 e. The molecule has 1 aromatic heterocycles. The molecule has 1 atom stereocenters. The van der Waals surface area contributed by atoms with E-state index in [1.165, 1.54) is 5.56 Å². The molecule has 1 aromatic carbocycles. The highest BCUT2D eigenvalue weighted by atomic mass is 16.5. The van der Waals surface area contributed by atoms with Gasteiger partial charge in [-0.3, -0.25) is 0 Å². The molecular formula is C19H25N3O2. The maximum atomic E-state index is 6.10. The minimum atomic E-state index is -0.214. The van der Waals surface area contributed by atoms with Crippen LogP contribution in [-0.4, -0.2) is 18.1 Å². The van der Waals surface area contributed by atoms with Crippen LogP contribution < -0.4 is 15.4 Å². The Morgan fingerprint density at radius 1 is 1.29 bits per heavy atom. The van der Waals surface area contributed by atoms with Gasteiger partial charge >= 0.3 is 0 Å². The molecule has 0 amide bonds. The van der Waals surface area contributed by atoms with Crippen LogP contribution in [-0.2, 0) is 6.54 Å². The van der Waals surface area contributed by atoms with Gasteiger partial charge in [0.1, 0.15) is 11.4 Å². The van der Waals surface area contributed by atoms with E-state index in [-0.39, 0.29) is 11.6 Å². The first kappa shape index (κ1) is 16.4. The van der Waals surface area contributed by atoms with E-state index in [1.807, 2.05) is 24.3 Å². The number of fused-ring (bicyclic) bond motifs is 1. The molecule has 5 nitrogen and oxygen atoms in total. The fraction of sp³-hybridized carbons (Fsp3) is 0.421. The SMILES string of the molecule is CCNC(=NCc1ccoc1)NC1CC(C)(C)Oc2ccccc21. The van der Waals surface area contributed by atoms with E-state index in [2.05, 4.69) is 42.5 Å². The predicted octanol–water partition coefficient (Wildman–Crippen LogP) is 3.64. The molecule has 0 fully saturated rings. The molecule has 0 saturated heterocycles. The van der Waals surface area contributed by atoms with E-state index >= 15 is 0 Å². The summed E-state index contributed by atoms with van der Waals surface area (Å²) in [5, 5.41) is 6.88. The van der Waals surface area contributed by atoms with E-state index in [9.17, 15) is 0 Å². The minimum Gasteiger partial charge on any atom is -0.487 e. The Bertz CT molecular complexity index is 692. The molecule has 128 valence electrons. The number of para-hydroxylation sites is 1. The van der Waals surface area contributed by atoms with Crippen molar-refractivity contribution in [3.8, 4) is 5.75 Å². The number of aliphatic imine (C=N–C) groups is 1. The van der Waals surface area contributed by atoms with Gasteiger partial charge in [0.2, 0.25) is 0 Å². The zero-order valence-electron chi connectivity index (χ0n) is 14.5. The lowest BCUT2D eigenvalue weighted by Gasteiger charge is -2.38. The maximum absolute atomic E-state index is 6.10. The number of rotatable bonds is 4. The van der Waals surface area contributed by atoms with Crippen LogP contribution in [0.1, 0.15) is 44.4 Å². The van der Waals surface area contributed by atoms with Crippen molar-refractivity contribution in [3.05, 3.63) is 54.0 Å². The number of hydrogen-bond donors (Lipinski definition) is 2. The summed E-state index contributed by atoms with van der Waals surface area (Å²) in [6.07, 6.45) is 4.27. The number of hydrogen-bond acceptors (Lipinski definition) is 3. The summed E-state index contributed by atoms with van der Waals surface area (Å²) < 4.78 is 11.2. The Morgan fingerprint density at radius 2 is 2.12 bits per heavy atom. The topological polar surface area (TPSA) is 58.8 Å². The summed E-state index contributed by atoms with van der Waals surface area (Å²) in [4.78, 5) is 4.66. The largest absolute Gasteiger partial charge is 0.487 e. The molecule has 2 aromatic rings. The van der Waals surface area contributed by atoms with E-state index in [1.54, 1.807) is 12.5 Å². The third kappa shape index (κ3) is 3.91. The normalized spacial score (nSPS) is 19.3. The van der Waals surface area contributed by atoms with Crippen LogP contribution in [0.5, 0.6) is 5.75 Å². The van der Waals surface area contributed by atoms with Crippen LogP contribution in [0.25, 0.3) is 0 Å². The first-order valence-electron chi connectivity index (χ1n) is 8.41. The third-order valence-electron chi connectivity index (χ3n) is 4.03. The van der Waals surface area contributed by atoms with Gasteiger partial charge in [-0.1, -0.05) is 18.2 Å². The van der Waals surface area contributed by atoms with Gasteiger partial charge in [-0.05, 0) is 32.9 Å². The number of furan rings is 1. The van der Waals surface area contributed by atoms with Crippen LogP contribution in [0.15, 0.2) is 52.3 Å². The van der Waals surface area contributed by atoms with Crippen molar-refractivity contribution in [2.24, 2.45) is 4.99 Å². The van der Waals surface area contributed by atoms with Gasteiger partial charge in [0, 0.05) is 24.1 Å². The van der Waals surface area contributed by atoms with Crippen LogP contribution in [0, 0.1) is 0 Å². The number of benzene rings is 1. The van der Waals surface area contributed by atoms with Crippen LogP contribution in [0.3, 0.4) is 0 Å². The molecule has 0 bridgehead atoms. The van der Waals surface area contributed by atoms with E-state index in [4.69, 9.17) is 9.15 Å². The minimum absolute atomic E-state index is 0.159. The molecule has 5 heteroatoms. The Hall–Kier alpha value is -2.43. The monoisotopic (exact) mass is 327 g/mol. The Balaban J connectivity index is 1.80. The molecule has 0 radical (unpaired) electrons. The Morgan fingerprint density at radius 3 is 2.88 bits per heavy atom. The van der Waals surface area contributed by atoms with Gasteiger partial charge < -0.3 is 19.8 Å². The Kier molecular flexibility index (Phi) is 4.79. The molecule has 0 aliphatic carbocycles. The van der Waals surface area contributed by atoms with E-state index in [0.29, 0.717) is 6.54 Å². The van der Waals surface area contributed by atoms with Crippen LogP contribution in [0.2, 0.25) is 0 Å². The summed E-state index contributed by atoms with van der Waals surface area (Å²) in [7, 11) is 0. The second-order valence-corrected chi connectivity index (χ2v) is 6.63. The highest BCUT2D eigenvalue weighted by Crippen LogP contribution is 2.39. The lowest BCUT2D eigenvalue weighted by Crippen LogP contribution is -2.45. The standard InChI is InChI=1S/C19H25N3O2/c1-4-20-18(21-12-14-9-10-23-13-14)22-16-11-19(2,3)24-17-8-6-5-7-15(16)17/h5-10,13,16H,4,11-12H2,1-3H3,(H2,20,21,22). The van der Waals surface area contributed by atoms with Gasteiger partial charge in [-0.15, -0.1) is 0 Å². The van der Waals surface area contributed by atoms with Gasteiger partial charge in [0.25, 0.3) is 0 Å². The molecule has 24 heavy (non-hydrogen) atoms. The average molecular weight is 327 g/mol.